The summed E-state index contributed by atoms with van der Waals surface area (Å²) < 4.78 is 0. The third-order valence-corrected chi connectivity index (χ3v) is 3.44. The van der Waals surface area contributed by atoms with Crippen molar-refractivity contribution in [3.05, 3.63) is 29.8 Å². The maximum Gasteiger partial charge on any atom is 0.324 e. The number of anilines is 1. The van der Waals surface area contributed by atoms with E-state index >= 15 is 0 Å². The molecule has 1 atom stereocenters. The van der Waals surface area contributed by atoms with Crippen LogP contribution in [0.2, 0.25) is 0 Å². The number of nitrogens with zero attached hydrogens (tertiary/aromatic N) is 2. The number of carbonyl (C=O) groups excluding carboxylic acids is 2. The molecular formula is C14H18N2O2. The first-order chi connectivity index (χ1) is 8.63. The maximum atomic E-state index is 11.8. The van der Waals surface area contributed by atoms with Crippen LogP contribution in [0, 0.1) is 0 Å². The fraction of sp³-hybridized carbons (Fsp3) is 0.429. The summed E-state index contributed by atoms with van der Waals surface area (Å²) in [5.41, 5.74) is 2.05. The number of urea groups is 1. The van der Waals surface area contributed by atoms with Crippen LogP contribution in [0.5, 0.6) is 0 Å². The Balaban J connectivity index is 2.13. The molecule has 2 amide bonds. The maximum absolute atomic E-state index is 11.8. The largest absolute Gasteiger partial charge is 0.326 e. The van der Waals surface area contributed by atoms with Gasteiger partial charge in [-0.3, -0.25) is 4.90 Å². The predicted molar refractivity (Wildman–Crippen MR) is 70.9 cm³/mol. The van der Waals surface area contributed by atoms with Crippen LogP contribution in [0.4, 0.5) is 10.5 Å². The van der Waals surface area contributed by atoms with Crippen molar-refractivity contribution < 1.29 is 9.59 Å². The van der Waals surface area contributed by atoms with Crippen LogP contribution in [0.25, 0.3) is 0 Å². The Hall–Kier alpha value is -1.84. The van der Waals surface area contributed by atoms with E-state index in [0.29, 0.717) is 6.42 Å². The van der Waals surface area contributed by atoms with Crippen LogP contribution in [-0.4, -0.2) is 37.4 Å². The number of likely N-dealkylation sites (N-methyl/N-ethyl adjacent to an activating group) is 1. The molecule has 1 unspecified atom stereocenters. The Morgan fingerprint density at radius 3 is 2.44 bits per heavy atom. The van der Waals surface area contributed by atoms with Crippen molar-refractivity contribution in [3.63, 3.8) is 0 Å². The minimum atomic E-state index is 0.0451. The highest BCUT2D eigenvalue weighted by Crippen LogP contribution is 2.24. The number of hydrogen-bond donors (Lipinski definition) is 0. The highest BCUT2D eigenvalue weighted by atomic mass is 16.2. The normalized spacial score (nSPS) is 17.1. The highest BCUT2D eigenvalue weighted by Gasteiger charge is 2.26. The second-order valence-electron chi connectivity index (χ2n) is 4.75. The molecule has 0 N–H and O–H groups in total. The van der Waals surface area contributed by atoms with E-state index in [4.69, 9.17) is 0 Å². The molecule has 0 spiro atoms. The fourth-order valence-corrected chi connectivity index (χ4v) is 2.15. The van der Waals surface area contributed by atoms with Gasteiger partial charge < -0.3 is 9.69 Å². The van der Waals surface area contributed by atoms with Gasteiger partial charge in [0.05, 0.1) is 0 Å². The second-order valence-corrected chi connectivity index (χ2v) is 4.75. The molecule has 0 aromatic heterocycles. The first-order valence-corrected chi connectivity index (χ1v) is 6.19. The van der Waals surface area contributed by atoms with E-state index in [1.807, 2.05) is 38.2 Å². The van der Waals surface area contributed by atoms with Gasteiger partial charge in [-0.1, -0.05) is 19.1 Å². The van der Waals surface area contributed by atoms with Gasteiger partial charge in [-0.25, -0.2) is 4.79 Å². The van der Waals surface area contributed by atoms with Gasteiger partial charge in [0.25, 0.3) is 0 Å². The summed E-state index contributed by atoms with van der Waals surface area (Å²) in [6.07, 6.45) is 1.47. The standard InChI is InChI=1S/C14H18N2O2/c1-11(7-10-17)12-3-5-13(6-4-12)16-9-8-15(2)14(16)18/h3-6,10-11H,7-9H2,1-2H3. The molecule has 1 aromatic rings. The SMILES string of the molecule is CC(CC=O)c1ccc(N2CCN(C)C2=O)cc1. The molecule has 4 heteroatoms. The molecule has 1 aliphatic heterocycles. The van der Waals surface area contributed by atoms with Gasteiger partial charge in [0.15, 0.2) is 0 Å². The Bertz CT molecular complexity index is 442. The van der Waals surface area contributed by atoms with Gasteiger partial charge in [0, 0.05) is 32.2 Å². The van der Waals surface area contributed by atoms with E-state index in [-0.39, 0.29) is 11.9 Å². The smallest absolute Gasteiger partial charge is 0.324 e. The molecule has 1 saturated heterocycles. The molecule has 0 saturated carbocycles. The summed E-state index contributed by atoms with van der Waals surface area (Å²) >= 11 is 0. The van der Waals surface area contributed by atoms with Gasteiger partial charge in [-0.15, -0.1) is 0 Å². The monoisotopic (exact) mass is 246 g/mol. The van der Waals surface area contributed by atoms with E-state index in [0.717, 1.165) is 30.6 Å². The van der Waals surface area contributed by atoms with Crippen LogP contribution >= 0.6 is 0 Å². The lowest BCUT2D eigenvalue weighted by Crippen LogP contribution is -2.29. The summed E-state index contributed by atoms with van der Waals surface area (Å²) in [6, 6.07) is 7.94. The molecule has 18 heavy (non-hydrogen) atoms. The van der Waals surface area contributed by atoms with Crippen LogP contribution in [0.1, 0.15) is 24.8 Å². The molecule has 2 rings (SSSR count). The van der Waals surface area contributed by atoms with Crippen molar-refractivity contribution in [2.24, 2.45) is 0 Å². The molecule has 0 aliphatic carbocycles. The van der Waals surface area contributed by atoms with Gasteiger partial charge in [-0.05, 0) is 23.6 Å². The van der Waals surface area contributed by atoms with Crippen molar-refractivity contribution in [2.75, 3.05) is 25.0 Å². The first-order valence-electron chi connectivity index (χ1n) is 6.19. The van der Waals surface area contributed by atoms with Gasteiger partial charge in [0.2, 0.25) is 0 Å². The number of amides is 2. The van der Waals surface area contributed by atoms with E-state index in [1.165, 1.54) is 0 Å². The number of hydrogen-bond acceptors (Lipinski definition) is 2. The zero-order valence-electron chi connectivity index (χ0n) is 10.8. The van der Waals surface area contributed by atoms with Crippen LogP contribution in [0.3, 0.4) is 0 Å². The predicted octanol–water partition coefficient (Wildman–Crippen LogP) is 2.25. The summed E-state index contributed by atoms with van der Waals surface area (Å²) in [6.45, 7) is 3.53. The second kappa shape index (κ2) is 5.21. The molecule has 1 heterocycles. The van der Waals surface area contributed by atoms with Crippen molar-refractivity contribution in [3.8, 4) is 0 Å². The quantitative estimate of drug-likeness (QED) is 0.764. The van der Waals surface area contributed by atoms with E-state index in [2.05, 4.69) is 0 Å². The number of aldehydes is 1. The molecule has 1 fully saturated rings. The first kappa shape index (κ1) is 12.6. The summed E-state index contributed by atoms with van der Waals surface area (Å²) in [5.74, 6) is 0.230. The van der Waals surface area contributed by atoms with Crippen molar-refractivity contribution in [2.45, 2.75) is 19.3 Å². The van der Waals surface area contributed by atoms with Crippen LogP contribution < -0.4 is 4.90 Å². The third kappa shape index (κ3) is 2.37. The minimum absolute atomic E-state index is 0.0451. The number of carbonyl (C=O) groups is 2. The Kier molecular flexibility index (Phi) is 3.65. The lowest BCUT2D eigenvalue weighted by Gasteiger charge is -2.17. The van der Waals surface area contributed by atoms with Gasteiger partial charge in [-0.2, -0.15) is 0 Å². The van der Waals surface area contributed by atoms with Gasteiger partial charge in [0.1, 0.15) is 6.29 Å². The fourth-order valence-electron chi connectivity index (χ4n) is 2.15. The van der Waals surface area contributed by atoms with Crippen molar-refractivity contribution in [1.29, 1.82) is 0 Å². The van der Waals surface area contributed by atoms with Gasteiger partial charge >= 0.3 is 6.03 Å². The average molecular weight is 246 g/mol. The zero-order chi connectivity index (χ0) is 13.1. The Morgan fingerprint density at radius 2 is 1.94 bits per heavy atom. The summed E-state index contributed by atoms with van der Waals surface area (Å²) in [5, 5.41) is 0. The Morgan fingerprint density at radius 1 is 1.28 bits per heavy atom. The van der Waals surface area contributed by atoms with Crippen LogP contribution in [-0.2, 0) is 4.79 Å². The number of benzene rings is 1. The highest BCUT2D eigenvalue weighted by molar-refractivity contribution is 5.93. The topological polar surface area (TPSA) is 40.6 Å². The van der Waals surface area contributed by atoms with E-state index in [1.54, 1.807) is 9.80 Å². The summed E-state index contributed by atoms with van der Waals surface area (Å²) in [7, 11) is 1.81. The molecule has 1 aliphatic rings. The molecule has 0 radical (unpaired) electrons. The van der Waals surface area contributed by atoms with Crippen molar-refractivity contribution >= 4 is 18.0 Å². The number of rotatable bonds is 4. The van der Waals surface area contributed by atoms with Crippen molar-refractivity contribution in [1.82, 2.24) is 4.90 Å². The summed E-state index contributed by atoms with van der Waals surface area (Å²) in [4.78, 5) is 25.8. The zero-order valence-corrected chi connectivity index (χ0v) is 10.8. The van der Waals surface area contributed by atoms with Crippen LogP contribution in [0.15, 0.2) is 24.3 Å². The minimum Gasteiger partial charge on any atom is -0.326 e. The lowest BCUT2D eigenvalue weighted by atomic mass is 9.98. The molecule has 0 bridgehead atoms. The molecule has 1 aromatic carbocycles. The molecule has 96 valence electrons. The Labute approximate surface area is 107 Å². The van der Waals surface area contributed by atoms with E-state index in [9.17, 15) is 9.59 Å². The third-order valence-electron chi connectivity index (χ3n) is 3.44. The molecular weight excluding hydrogens is 228 g/mol. The molecule has 4 nitrogen and oxygen atoms in total. The van der Waals surface area contributed by atoms with E-state index < -0.39 is 0 Å². The average Bonchev–Trinajstić information content (AvgIpc) is 2.71. The lowest BCUT2D eigenvalue weighted by molar-refractivity contribution is -0.108.